The second-order valence-corrected chi connectivity index (χ2v) is 6.38. The summed E-state index contributed by atoms with van der Waals surface area (Å²) in [5.41, 5.74) is 0. The Hall–Kier alpha value is -2.34. The lowest BCUT2D eigenvalue weighted by Crippen LogP contribution is -2.37. The van der Waals surface area contributed by atoms with Crippen LogP contribution >= 0.6 is 11.6 Å². The van der Waals surface area contributed by atoms with E-state index in [4.69, 9.17) is 21.1 Å². The second-order valence-electron chi connectivity index (χ2n) is 5.94. The Bertz CT molecular complexity index is 674. The first-order chi connectivity index (χ1) is 12.1. The van der Waals surface area contributed by atoms with Gasteiger partial charge >= 0.3 is 5.97 Å². The summed E-state index contributed by atoms with van der Waals surface area (Å²) >= 11 is 5.78. The van der Waals surface area contributed by atoms with Crippen LogP contribution in [0.1, 0.15) is 12.8 Å². The summed E-state index contributed by atoms with van der Waals surface area (Å²) in [5, 5.41) is 0.606. The molecule has 1 aromatic carbocycles. The zero-order valence-corrected chi connectivity index (χ0v) is 14.3. The third-order valence-corrected chi connectivity index (χ3v) is 4.57. The molecular weight excluding hydrogens is 346 g/mol. The van der Waals surface area contributed by atoms with E-state index in [1.54, 1.807) is 24.3 Å². The van der Waals surface area contributed by atoms with Crippen LogP contribution in [0.4, 0.5) is 0 Å². The summed E-state index contributed by atoms with van der Waals surface area (Å²) in [5.74, 6) is -1.24. The number of halogens is 1. The Kier molecular flexibility index (Phi) is 5.38. The second kappa shape index (κ2) is 7.70. The molecule has 6 nitrogen and oxygen atoms in total. The zero-order valence-electron chi connectivity index (χ0n) is 13.5. The van der Waals surface area contributed by atoms with Crippen molar-refractivity contribution in [2.45, 2.75) is 12.8 Å². The van der Waals surface area contributed by atoms with Gasteiger partial charge < -0.3 is 9.47 Å². The van der Waals surface area contributed by atoms with Crippen molar-refractivity contribution in [2.75, 3.05) is 19.8 Å². The summed E-state index contributed by atoms with van der Waals surface area (Å²) in [4.78, 5) is 37.4. The van der Waals surface area contributed by atoms with E-state index in [0.29, 0.717) is 23.6 Å². The van der Waals surface area contributed by atoms with Crippen molar-refractivity contribution in [1.82, 2.24) is 4.90 Å². The van der Waals surface area contributed by atoms with E-state index in [1.165, 1.54) is 0 Å². The molecule has 2 amide bonds. The molecule has 1 fully saturated rings. The molecule has 1 aliphatic heterocycles. The summed E-state index contributed by atoms with van der Waals surface area (Å²) in [6.07, 6.45) is 4.91. The van der Waals surface area contributed by atoms with Gasteiger partial charge in [-0.1, -0.05) is 23.8 Å². The first-order valence-electron chi connectivity index (χ1n) is 8.10. The number of carbonyl (C=O) groups is 3. The fraction of sp³-hybridized carbons (Fsp3) is 0.389. The summed E-state index contributed by atoms with van der Waals surface area (Å²) in [7, 11) is 0. The van der Waals surface area contributed by atoms with Crippen molar-refractivity contribution in [3.63, 3.8) is 0 Å². The monoisotopic (exact) mass is 363 g/mol. The average Bonchev–Trinajstić information content (AvgIpc) is 2.86. The molecule has 0 aromatic heterocycles. The molecule has 0 unspecified atom stereocenters. The van der Waals surface area contributed by atoms with Crippen molar-refractivity contribution in [3.05, 3.63) is 41.4 Å². The van der Waals surface area contributed by atoms with Gasteiger partial charge in [-0.2, -0.15) is 0 Å². The Morgan fingerprint density at radius 1 is 1.04 bits per heavy atom. The van der Waals surface area contributed by atoms with Gasteiger partial charge in [0.15, 0.2) is 0 Å². The Morgan fingerprint density at radius 2 is 1.64 bits per heavy atom. The molecule has 1 aliphatic carbocycles. The number of likely N-dealkylation sites (tertiary alicyclic amines) is 1. The first kappa shape index (κ1) is 17.5. The van der Waals surface area contributed by atoms with Gasteiger partial charge in [-0.3, -0.25) is 19.3 Å². The van der Waals surface area contributed by atoms with E-state index in [2.05, 4.69) is 0 Å². The Morgan fingerprint density at radius 3 is 2.24 bits per heavy atom. The smallest absolute Gasteiger partial charge is 0.326 e. The van der Waals surface area contributed by atoms with Gasteiger partial charge in [-0.15, -0.1) is 0 Å². The fourth-order valence-corrected chi connectivity index (χ4v) is 3.17. The fourth-order valence-electron chi connectivity index (χ4n) is 3.05. The number of ether oxygens (including phenoxy) is 2. The van der Waals surface area contributed by atoms with Crippen LogP contribution < -0.4 is 4.74 Å². The van der Waals surface area contributed by atoms with Crippen LogP contribution in [-0.4, -0.2) is 42.4 Å². The number of amides is 2. The van der Waals surface area contributed by atoms with E-state index in [0.717, 1.165) is 4.90 Å². The molecule has 25 heavy (non-hydrogen) atoms. The number of rotatable bonds is 6. The Balaban J connectivity index is 1.42. The van der Waals surface area contributed by atoms with Crippen LogP contribution in [0.15, 0.2) is 36.4 Å². The minimum absolute atomic E-state index is 0.0338. The molecule has 132 valence electrons. The summed E-state index contributed by atoms with van der Waals surface area (Å²) in [6, 6.07) is 6.81. The van der Waals surface area contributed by atoms with Crippen molar-refractivity contribution >= 4 is 29.4 Å². The molecule has 1 heterocycles. The number of hydrogen-bond donors (Lipinski definition) is 0. The number of carbonyl (C=O) groups excluding carboxylic acids is 3. The predicted octanol–water partition coefficient (Wildman–Crippen LogP) is 2.21. The molecule has 0 saturated carbocycles. The molecule has 0 radical (unpaired) electrons. The average molecular weight is 364 g/mol. The number of imide groups is 1. The minimum Gasteiger partial charge on any atom is -0.490 e. The zero-order chi connectivity index (χ0) is 17.8. The number of fused-ring (bicyclic) bond motifs is 1. The van der Waals surface area contributed by atoms with E-state index in [1.807, 2.05) is 12.2 Å². The molecule has 7 heteroatoms. The lowest BCUT2D eigenvalue weighted by atomic mass is 9.85. The summed E-state index contributed by atoms with van der Waals surface area (Å²) in [6.45, 7) is -0.137. The highest BCUT2D eigenvalue weighted by molar-refractivity contribution is 6.30. The predicted molar refractivity (Wildman–Crippen MR) is 90.0 cm³/mol. The maximum absolute atomic E-state index is 12.3. The topological polar surface area (TPSA) is 72.9 Å². The van der Waals surface area contributed by atoms with Gasteiger partial charge in [0.25, 0.3) is 0 Å². The van der Waals surface area contributed by atoms with Gasteiger partial charge in [0.2, 0.25) is 11.8 Å². The minimum atomic E-state index is -0.618. The molecule has 2 aliphatic rings. The number of hydrogen-bond acceptors (Lipinski definition) is 5. The van der Waals surface area contributed by atoms with Crippen molar-refractivity contribution < 1.29 is 23.9 Å². The van der Waals surface area contributed by atoms with Gasteiger partial charge in [0, 0.05) is 5.02 Å². The van der Waals surface area contributed by atoms with E-state index in [9.17, 15) is 14.4 Å². The van der Waals surface area contributed by atoms with Crippen molar-refractivity contribution in [1.29, 1.82) is 0 Å². The number of esters is 1. The highest BCUT2D eigenvalue weighted by Gasteiger charge is 2.47. The first-order valence-corrected chi connectivity index (χ1v) is 8.48. The van der Waals surface area contributed by atoms with Gasteiger partial charge in [0.05, 0.1) is 11.8 Å². The van der Waals surface area contributed by atoms with Crippen LogP contribution in [0.2, 0.25) is 5.02 Å². The van der Waals surface area contributed by atoms with Crippen LogP contribution in [0.25, 0.3) is 0 Å². The normalized spacial score (nSPS) is 22.0. The van der Waals surface area contributed by atoms with Gasteiger partial charge in [0.1, 0.15) is 25.5 Å². The van der Waals surface area contributed by atoms with Crippen LogP contribution in [0.5, 0.6) is 5.75 Å². The summed E-state index contributed by atoms with van der Waals surface area (Å²) < 4.78 is 10.5. The van der Waals surface area contributed by atoms with Crippen LogP contribution in [0.3, 0.4) is 0 Å². The molecule has 3 rings (SSSR count). The molecular formula is C18H18ClNO5. The number of benzene rings is 1. The number of nitrogens with zero attached hydrogens (tertiary/aromatic N) is 1. The SMILES string of the molecule is O=C(CN1C(=O)[C@H]2CC=CC[C@H]2C1=O)OCCOc1ccc(Cl)cc1. The molecule has 0 spiro atoms. The van der Waals surface area contributed by atoms with Crippen molar-refractivity contribution in [2.24, 2.45) is 11.8 Å². The largest absolute Gasteiger partial charge is 0.490 e. The standard InChI is InChI=1S/C18H18ClNO5/c19-12-5-7-13(8-6-12)24-9-10-25-16(21)11-20-17(22)14-3-1-2-4-15(14)18(20)23/h1-2,5-8,14-15H,3-4,9-11H2/t14-,15+. The molecule has 1 saturated heterocycles. The lowest BCUT2D eigenvalue weighted by Gasteiger charge is -2.14. The van der Waals surface area contributed by atoms with Gasteiger partial charge in [-0.25, -0.2) is 0 Å². The Labute approximate surface area is 150 Å². The third kappa shape index (κ3) is 4.02. The molecule has 2 atom stereocenters. The highest BCUT2D eigenvalue weighted by Crippen LogP contribution is 2.34. The highest BCUT2D eigenvalue weighted by atomic mass is 35.5. The van der Waals surface area contributed by atoms with Crippen LogP contribution in [-0.2, 0) is 19.1 Å². The van der Waals surface area contributed by atoms with E-state index >= 15 is 0 Å². The maximum atomic E-state index is 12.3. The molecule has 0 N–H and O–H groups in total. The van der Waals surface area contributed by atoms with Crippen LogP contribution in [0, 0.1) is 11.8 Å². The maximum Gasteiger partial charge on any atom is 0.326 e. The number of allylic oxidation sites excluding steroid dienone is 2. The van der Waals surface area contributed by atoms with Crippen molar-refractivity contribution in [3.8, 4) is 5.75 Å². The van der Waals surface area contributed by atoms with E-state index in [-0.39, 0.29) is 43.4 Å². The lowest BCUT2D eigenvalue weighted by molar-refractivity contribution is -0.153. The molecule has 1 aromatic rings. The van der Waals surface area contributed by atoms with Gasteiger partial charge in [-0.05, 0) is 37.1 Å². The third-order valence-electron chi connectivity index (χ3n) is 4.31. The van der Waals surface area contributed by atoms with E-state index < -0.39 is 5.97 Å². The molecule has 0 bridgehead atoms. The quantitative estimate of drug-likeness (QED) is 0.335.